The standard InChI is InChI=1S/C15H24BrNO3/c1-4-6-17-7-9-20-8-5-12-10-15(19-3)13(16)11-14(12)18-2/h10-11,17H,4-9H2,1-3H3. The molecule has 0 aliphatic rings. The Morgan fingerprint density at radius 1 is 1.05 bits per heavy atom. The summed E-state index contributed by atoms with van der Waals surface area (Å²) in [7, 11) is 3.33. The van der Waals surface area contributed by atoms with Gasteiger partial charge in [-0.25, -0.2) is 0 Å². The fourth-order valence-corrected chi connectivity index (χ4v) is 2.33. The fourth-order valence-electron chi connectivity index (χ4n) is 1.85. The van der Waals surface area contributed by atoms with Gasteiger partial charge < -0.3 is 19.5 Å². The Hall–Kier alpha value is -0.780. The average molecular weight is 346 g/mol. The van der Waals surface area contributed by atoms with Crippen molar-refractivity contribution in [3.63, 3.8) is 0 Å². The largest absolute Gasteiger partial charge is 0.496 e. The lowest BCUT2D eigenvalue weighted by atomic mass is 10.1. The number of methoxy groups -OCH3 is 2. The van der Waals surface area contributed by atoms with Gasteiger partial charge in [0.1, 0.15) is 11.5 Å². The lowest BCUT2D eigenvalue weighted by Gasteiger charge is -2.12. The summed E-state index contributed by atoms with van der Waals surface area (Å²) in [6.45, 7) is 5.50. The van der Waals surface area contributed by atoms with E-state index in [4.69, 9.17) is 14.2 Å². The molecule has 20 heavy (non-hydrogen) atoms. The van der Waals surface area contributed by atoms with Crippen LogP contribution in [-0.2, 0) is 11.2 Å². The first-order valence-electron chi connectivity index (χ1n) is 6.91. The highest BCUT2D eigenvalue weighted by molar-refractivity contribution is 9.10. The van der Waals surface area contributed by atoms with Gasteiger partial charge in [-0.05, 0) is 47.4 Å². The quantitative estimate of drug-likeness (QED) is 0.661. The van der Waals surface area contributed by atoms with E-state index >= 15 is 0 Å². The zero-order valence-electron chi connectivity index (χ0n) is 12.5. The highest BCUT2D eigenvalue weighted by Crippen LogP contribution is 2.32. The molecule has 0 aromatic heterocycles. The van der Waals surface area contributed by atoms with E-state index in [2.05, 4.69) is 28.2 Å². The molecule has 0 spiro atoms. The molecule has 0 aliphatic carbocycles. The second kappa shape index (κ2) is 10.0. The Morgan fingerprint density at radius 3 is 2.45 bits per heavy atom. The first-order chi connectivity index (χ1) is 9.72. The van der Waals surface area contributed by atoms with Gasteiger partial charge in [-0.2, -0.15) is 0 Å². The number of halogens is 1. The number of rotatable bonds is 10. The van der Waals surface area contributed by atoms with Crippen LogP contribution in [0.1, 0.15) is 18.9 Å². The summed E-state index contributed by atoms with van der Waals surface area (Å²) < 4.78 is 17.2. The molecular weight excluding hydrogens is 322 g/mol. The molecule has 0 bridgehead atoms. The van der Waals surface area contributed by atoms with Crippen LogP contribution in [0.25, 0.3) is 0 Å². The minimum absolute atomic E-state index is 0.676. The summed E-state index contributed by atoms with van der Waals surface area (Å²) >= 11 is 3.45. The SMILES string of the molecule is CCCNCCOCCc1cc(OC)c(Br)cc1OC. The number of hydrogen-bond donors (Lipinski definition) is 1. The first-order valence-corrected chi connectivity index (χ1v) is 7.71. The van der Waals surface area contributed by atoms with Crippen molar-refractivity contribution in [2.24, 2.45) is 0 Å². The van der Waals surface area contributed by atoms with Crippen molar-refractivity contribution in [1.82, 2.24) is 5.32 Å². The molecule has 0 heterocycles. The lowest BCUT2D eigenvalue weighted by Crippen LogP contribution is -2.20. The highest BCUT2D eigenvalue weighted by Gasteiger charge is 2.09. The van der Waals surface area contributed by atoms with Gasteiger partial charge in [0.05, 0.1) is 31.9 Å². The third-order valence-electron chi connectivity index (χ3n) is 2.92. The molecule has 114 valence electrons. The van der Waals surface area contributed by atoms with Gasteiger partial charge in [-0.1, -0.05) is 6.92 Å². The number of benzene rings is 1. The summed E-state index contributed by atoms with van der Waals surface area (Å²) in [4.78, 5) is 0. The van der Waals surface area contributed by atoms with Crippen LogP contribution in [-0.4, -0.2) is 40.5 Å². The number of ether oxygens (including phenoxy) is 3. The Kier molecular flexibility index (Phi) is 8.65. The predicted molar refractivity (Wildman–Crippen MR) is 84.9 cm³/mol. The summed E-state index contributed by atoms with van der Waals surface area (Å²) in [6, 6.07) is 3.92. The van der Waals surface area contributed by atoms with E-state index in [1.54, 1.807) is 14.2 Å². The Balaban J connectivity index is 2.42. The molecule has 0 unspecified atom stereocenters. The van der Waals surface area contributed by atoms with Crippen LogP contribution in [0.2, 0.25) is 0 Å². The van der Waals surface area contributed by atoms with Gasteiger partial charge in [-0.15, -0.1) is 0 Å². The Labute approximate surface area is 129 Å². The van der Waals surface area contributed by atoms with Crippen molar-refractivity contribution in [2.75, 3.05) is 40.5 Å². The van der Waals surface area contributed by atoms with Crippen molar-refractivity contribution < 1.29 is 14.2 Å². The van der Waals surface area contributed by atoms with Crippen LogP contribution in [0.3, 0.4) is 0 Å². The van der Waals surface area contributed by atoms with Crippen molar-refractivity contribution in [3.8, 4) is 11.5 Å². The summed E-state index contributed by atoms with van der Waals surface area (Å²) in [5.74, 6) is 1.66. The third-order valence-corrected chi connectivity index (χ3v) is 3.54. The molecule has 0 amide bonds. The zero-order valence-corrected chi connectivity index (χ0v) is 14.1. The van der Waals surface area contributed by atoms with Crippen molar-refractivity contribution >= 4 is 15.9 Å². The van der Waals surface area contributed by atoms with E-state index in [1.807, 2.05) is 12.1 Å². The minimum atomic E-state index is 0.676. The van der Waals surface area contributed by atoms with E-state index in [9.17, 15) is 0 Å². The molecule has 0 saturated carbocycles. The van der Waals surface area contributed by atoms with E-state index in [0.29, 0.717) is 6.61 Å². The van der Waals surface area contributed by atoms with Crippen LogP contribution in [0, 0.1) is 0 Å². The maximum absolute atomic E-state index is 5.62. The van der Waals surface area contributed by atoms with Gasteiger partial charge in [0.2, 0.25) is 0 Å². The van der Waals surface area contributed by atoms with E-state index < -0.39 is 0 Å². The second-order valence-corrected chi connectivity index (χ2v) is 5.27. The predicted octanol–water partition coefficient (Wildman–Crippen LogP) is 3.03. The van der Waals surface area contributed by atoms with Crippen LogP contribution in [0.5, 0.6) is 11.5 Å². The van der Waals surface area contributed by atoms with Crippen LogP contribution < -0.4 is 14.8 Å². The molecule has 0 radical (unpaired) electrons. The van der Waals surface area contributed by atoms with Crippen LogP contribution in [0.15, 0.2) is 16.6 Å². The Bertz CT molecular complexity index is 399. The molecule has 4 nitrogen and oxygen atoms in total. The molecule has 1 rings (SSSR count). The van der Waals surface area contributed by atoms with Gasteiger partial charge in [0, 0.05) is 12.1 Å². The topological polar surface area (TPSA) is 39.7 Å². The summed E-state index contributed by atoms with van der Waals surface area (Å²) in [5, 5.41) is 3.31. The van der Waals surface area contributed by atoms with Crippen molar-refractivity contribution in [1.29, 1.82) is 0 Å². The summed E-state index contributed by atoms with van der Waals surface area (Å²) in [5.41, 5.74) is 1.09. The highest BCUT2D eigenvalue weighted by atomic mass is 79.9. The first kappa shape index (κ1) is 17.3. The van der Waals surface area contributed by atoms with Gasteiger partial charge >= 0.3 is 0 Å². The molecular formula is C15H24BrNO3. The monoisotopic (exact) mass is 345 g/mol. The molecule has 1 aromatic rings. The summed E-state index contributed by atoms with van der Waals surface area (Å²) in [6.07, 6.45) is 1.95. The van der Waals surface area contributed by atoms with Gasteiger partial charge in [-0.3, -0.25) is 0 Å². The van der Waals surface area contributed by atoms with Crippen LogP contribution in [0.4, 0.5) is 0 Å². The van der Waals surface area contributed by atoms with E-state index in [-0.39, 0.29) is 0 Å². The normalized spacial score (nSPS) is 10.6. The smallest absolute Gasteiger partial charge is 0.133 e. The minimum Gasteiger partial charge on any atom is -0.496 e. The zero-order chi connectivity index (χ0) is 14.8. The maximum Gasteiger partial charge on any atom is 0.133 e. The van der Waals surface area contributed by atoms with Gasteiger partial charge in [0.15, 0.2) is 0 Å². The molecule has 0 saturated heterocycles. The second-order valence-electron chi connectivity index (χ2n) is 4.41. The van der Waals surface area contributed by atoms with Gasteiger partial charge in [0.25, 0.3) is 0 Å². The molecule has 5 heteroatoms. The van der Waals surface area contributed by atoms with Crippen molar-refractivity contribution in [3.05, 3.63) is 22.2 Å². The molecule has 1 N–H and O–H groups in total. The molecule has 1 aromatic carbocycles. The lowest BCUT2D eigenvalue weighted by molar-refractivity contribution is 0.138. The third kappa shape index (κ3) is 5.69. The maximum atomic E-state index is 5.62. The van der Waals surface area contributed by atoms with E-state index in [0.717, 1.165) is 54.1 Å². The molecule has 0 fully saturated rings. The fraction of sp³-hybridized carbons (Fsp3) is 0.600. The van der Waals surface area contributed by atoms with Crippen LogP contribution >= 0.6 is 15.9 Å². The molecule has 0 atom stereocenters. The molecule has 0 aliphatic heterocycles. The van der Waals surface area contributed by atoms with Crippen molar-refractivity contribution in [2.45, 2.75) is 19.8 Å². The average Bonchev–Trinajstić information content (AvgIpc) is 2.47. The number of hydrogen-bond acceptors (Lipinski definition) is 4. The Morgan fingerprint density at radius 2 is 1.80 bits per heavy atom. The number of nitrogens with one attached hydrogen (secondary N) is 1. The van der Waals surface area contributed by atoms with E-state index in [1.165, 1.54) is 0 Å².